The van der Waals surface area contributed by atoms with Gasteiger partial charge in [0.2, 0.25) is 11.8 Å². The van der Waals surface area contributed by atoms with E-state index in [-0.39, 0.29) is 30.8 Å². The molecule has 0 radical (unpaired) electrons. The average Bonchev–Trinajstić information content (AvgIpc) is 3.37. The highest BCUT2D eigenvalue weighted by Crippen LogP contribution is 2.51. The summed E-state index contributed by atoms with van der Waals surface area (Å²) in [5.41, 5.74) is 2.15. The molecule has 1 heterocycles. The van der Waals surface area contributed by atoms with Gasteiger partial charge in [-0.2, -0.15) is 0 Å². The number of carbonyl (C=O) groups excluding carboxylic acids is 3. The maximum Gasteiger partial charge on any atom is 0.318 e. The van der Waals surface area contributed by atoms with Crippen molar-refractivity contribution in [2.75, 3.05) is 27.4 Å². The van der Waals surface area contributed by atoms with Crippen molar-refractivity contribution in [3.05, 3.63) is 47.2 Å². The first-order valence-electron chi connectivity index (χ1n) is 13.8. The molecule has 0 spiro atoms. The van der Waals surface area contributed by atoms with Gasteiger partial charge in [-0.15, -0.1) is 0 Å². The van der Waals surface area contributed by atoms with Crippen molar-refractivity contribution >= 4 is 17.8 Å². The Morgan fingerprint density at radius 1 is 1.11 bits per heavy atom. The fraction of sp³-hybridized carbons (Fsp3) is 0.567. The van der Waals surface area contributed by atoms with Gasteiger partial charge in [-0.05, 0) is 76.0 Å². The lowest BCUT2D eigenvalue weighted by Crippen LogP contribution is -2.52. The second kappa shape index (κ2) is 12.5. The van der Waals surface area contributed by atoms with Crippen LogP contribution in [0.15, 0.2) is 41.6 Å². The Bertz CT molecular complexity index is 1110. The first kappa shape index (κ1) is 27.7. The van der Waals surface area contributed by atoms with E-state index >= 15 is 0 Å². The summed E-state index contributed by atoms with van der Waals surface area (Å²) in [6.07, 6.45) is 11.3. The Morgan fingerprint density at radius 3 is 2.63 bits per heavy atom. The van der Waals surface area contributed by atoms with Crippen molar-refractivity contribution < 1.29 is 28.6 Å². The molecule has 1 fully saturated rings. The summed E-state index contributed by atoms with van der Waals surface area (Å²) in [6.45, 7) is 2.91. The zero-order chi connectivity index (χ0) is 27.1. The summed E-state index contributed by atoms with van der Waals surface area (Å²) in [5, 5.41) is 2.93. The Balaban J connectivity index is 1.48. The number of nitrogens with zero attached hydrogens (tertiary/aromatic N) is 1. The largest absolute Gasteiger partial charge is 0.493 e. The molecule has 0 aromatic heterocycles. The van der Waals surface area contributed by atoms with Crippen molar-refractivity contribution in [2.24, 2.45) is 11.3 Å². The van der Waals surface area contributed by atoms with Gasteiger partial charge in [-0.3, -0.25) is 14.4 Å². The molecule has 1 aliphatic heterocycles. The minimum absolute atomic E-state index is 0.0275. The average molecular weight is 525 g/mol. The third-order valence-electron chi connectivity index (χ3n) is 7.98. The summed E-state index contributed by atoms with van der Waals surface area (Å²) in [4.78, 5) is 41.8. The molecule has 0 saturated carbocycles. The highest BCUT2D eigenvalue weighted by Gasteiger charge is 2.55. The van der Waals surface area contributed by atoms with Gasteiger partial charge in [0, 0.05) is 31.1 Å². The van der Waals surface area contributed by atoms with E-state index in [1.807, 2.05) is 18.2 Å². The lowest BCUT2D eigenvalue weighted by atomic mass is 9.71. The zero-order valence-electron chi connectivity index (χ0n) is 22.8. The van der Waals surface area contributed by atoms with Crippen LogP contribution in [0.3, 0.4) is 0 Å². The summed E-state index contributed by atoms with van der Waals surface area (Å²) >= 11 is 0. The zero-order valence-corrected chi connectivity index (χ0v) is 22.8. The monoisotopic (exact) mass is 524 g/mol. The first-order valence-corrected chi connectivity index (χ1v) is 13.8. The summed E-state index contributed by atoms with van der Waals surface area (Å²) < 4.78 is 16.1. The van der Waals surface area contributed by atoms with Gasteiger partial charge < -0.3 is 24.4 Å². The number of rotatable bonds is 11. The number of benzene rings is 1. The van der Waals surface area contributed by atoms with Crippen LogP contribution >= 0.6 is 0 Å². The smallest absolute Gasteiger partial charge is 0.318 e. The summed E-state index contributed by atoms with van der Waals surface area (Å²) in [5.74, 6) is 0.0361. The van der Waals surface area contributed by atoms with Gasteiger partial charge in [0.25, 0.3) is 0 Å². The number of ether oxygens (including phenoxy) is 3. The molecule has 2 aliphatic carbocycles. The normalized spacial score (nSPS) is 22.8. The Kier molecular flexibility index (Phi) is 9.13. The SMILES string of the molecule is CCOC(=O)[C@]12CCC=C1N(CCC1=CCCCC1)C(=O)[C@@H](CC(=O)NCc1ccc(OC)c(OC)c1)C2. The third kappa shape index (κ3) is 5.89. The molecule has 38 heavy (non-hydrogen) atoms. The number of allylic oxidation sites excluding steroid dienone is 2. The van der Waals surface area contributed by atoms with Gasteiger partial charge in [-0.1, -0.05) is 23.8 Å². The van der Waals surface area contributed by atoms with Crippen LogP contribution in [0.1, 0.15) is 70.3 Å². The summed E-state index contributed by atoms with van der Waals surface area (Å²) in [7, 11) is 3.14. The minimum Gasteiger partial charge on any atom is -0.493 e. The van der Waals surface area contributed by atoms with E-state index in [0.717, 1.165) is 36.9 Å². The molecule has 2 amide bonds. The maximum atomic E-state index is 13.7. The molecule has 1 saturated heterocycles. The van der Waals surface area contributed by atoms with Gasteiger partial charge >= 0.3 is 5.97 Å². The summed E-state index contributed by atoms with van der Waals surface area (Å²) in [6, 6.07) is 5.47. The number of likely N-dealkylation sites (tertiary alicyclic amines) is 1. The van der Waals surface area contributed by atoms with E-state index in [2.05, 4.69) is 11.4 Å². The number of carbonyl (C=O) groups is 3. The van der Waals surface area contributed by atoms with Crippen molar-refractivity contribution in [3.63, 3.8) is 0 Å². The molecule has 206 valence electrons. The van der Waals surface area contributed by atoms with Crippen molar-refractivity contribution in [2.45, 2.75) is 71.3 Å². The number of amides is 2. The number of hydrogen-bond acceptors (Lipinski definition) is 6. The Morgan fingerprint density at radius 2 is 1.92 bits per heavy atom. The molecule has 0 bridgehead atoms. The fourth-order valence-corrected chi connectivity index (χ4v) is 6.02. The van der Waals surface area contributed by atoms with E-state index in [0.29, 0.717) is 37.4 Å². The van der Waals surface area contributed by atoms with Gasteiger partial charge in [0.05, 0.1) is 20.8 Å². The molecule has 8 heteroatoms. The molecule has 4 rings (SSSR count). The Hall–Kier alpha value is -3.29. The minimum atomic E-state index is -0.862. The second-order valence-electron chi connectivity index (χ2n) is 10.3. The number of hydrogen-bond donors (Lipinski definition) is 1. The van der Waals surface area contributed by atoms with Crippen LogP contribution in [0, 0.1) is 11.3 Å². The molecule has 0 unspecified atom stereocenters. The predicted octanol–water partition coefficient (Wildman–Crippen LogP) is 4.68. The van der Waals surface area contributed by atoms with Gasteiger partial charge in [0.1, 0.15) is 5.41 Å². The molecule has 2 atom stereocenters. The highest BCUT2D eigenvalue weighted by atomic mass is 16.5. The molecular weight excluding hydrogens is 484 g/mol. The first-order chi connectivity index (χ1) is 18.4. The van der Waals surface area contributed by atoms with E-state index in [9.17, 15) is 14.4 Å². The number of nitrogens with one attached hydrogen (secondary N) is 1. The van der Waals surface area contributed by atoms with E-state index < -0.39 is 11.3 Å². The second-order valence-corrected chi connectivity index (χ2v) is 10.3. The third-order valence-corrected chi connectivity index (χ3v) is 7.98. The van der Waals surface area contributed by atoms with Crippen LogP contribution < -0.4 is 14.8 Å². The maximum absolute atomic E-state index is 13.7. The lowest BCUT2D eigenvalue weighted by molar-refractivity contribution is -0.160. The van der Waals surface area contributed by atoms with Crippen molar-refractivity contribution in [1.29, 1.82) is 0 Å². The standard InChI is InChI=1S/C30H40N2O6/c1-4-38-29(35)30-15-8-11-26(30)32(16-14-21-9-6-5-7-10-21)28(34)23(19-30)18-27(33)31-20-22-12-13-24(36-2)25(17-22)37-3/h9,11-13,17,23H,4-8,10,14-16,18-20H2,1-3H3,(H,31,33)/t23-,30-/m0/s1. The van der Waals surface area contributed by atoms with Crippen LogP contribution in [0.5, 0.6) is 11.5 Å². The number of piperidine rings is 1. The van der Waals surface area contributed by atoms with E-state index in [1.165, 1.54) is 18.4 Å². The van der Waals surface area contributed by atoms with Gasteiger partial charge in [-0.25, -0.2) is 0 Å². The van der Waals surface area contributed by atoms with Gasteiger partial charge in [0.15, 0.2) is 11.5 Å². The van der Waals surface area contributed by atoms with Crippen LogP contribution in [0.2, 0.25) is 0 Å². The number of methoxy groups -OCH3 is 2. The van der Waals surface area contributed by atoms with Crippen LogP contribution in [-0.4, -0.2) is 50.1 Å². The topological polar surface area (TPSA) is 94.2 Å². The lowest BCUT2D eigenvalue weighted by Gasteiger charge is -2.44. The quantitative estimate of drug-likeness (QED) is 0.334. The molecule has 8 nitrogen and oxygen atoms in total. The molecular formula is C30H40N2O6. The highest BCUT2D eigenvalue weighted by molar-refractivity contribution is 5.92. The molecule has 1 N–H and O–H groups in total. The Labute approximate surface area is 225 Å². The van der Waals surface area contributed by atoms with Crippen LogP contribution in [0.25, 0.3) is 0 Å². The molecule has 1 aromatic carbocycles. The van der Waals surface area contributed by atoms with Crippen molar-refractivity contribution in [3.8, 4) is 11.5 Å². The van der Waals surface area contributed by atoms with E-state index in [1.54, 1.807) is 32.1 Å². The number of esters is 1. The van der Waals surface area contributed by atoms with Crippen molar-refractivity contribution in [1.82, 2.24) is 10.2 Å². The van der Waals surface area contributed by atoms with Crippen LogP contribution in [-0.2, 0) is 25.7 Å². The number of fused-ring (bicyclic) bond motifs is 1. The molecule has 1 aromatic rings. The van der Waals surface area contributed by atoms with E-state index in [4.69, 9.17) is 14.2 Å². The molecule has 3 aliphatic rings. The predicted molar refractivity (Wildman–Crippen MR) is 143 cm³/mol. The van der Waals surface area contributed by atoms with Crippen LogP contribution in [0.4, 0.5) is 0 Å². The fourth-order valence-electron chi connectivity index (χ4n) is 6.02.